The van der Waals surface area contributed by atoms with Crippen LogP contribution in [0.1, 0.15) is 6.92 Å². The van der Waals surface area contributed by atoms with E-state index in [1.807, 2.05) is 0 Å². The molecule has 1 rings (SSSR count). The van der Waals surface area contributed by atoms with Crippen molar-refractivity contribution < 1.29 is 19.0 Å². The third-order valence-electron chi connectivity index (χ3n) is 1.24. The first kappa shape index (κ1) is 9.18. The maximum Gasteiger partial charge on any atom is 0.250 e. The van der Waals surface area contributed by atoms with Crippen LogP contribution >= 0.6 is 0 Å². The molecule has 1 N–H and O–H groups in total. The first-order chi connectivity index (χ1) is 5.70. The summed E-state index contributed by atoms with van der Waals surface area (Å²) in [6.07, 6.45) is -0.719. The maximum atomic E-state index is 11.0. The fraction of sp³-hybridized carbons (Fsp3) is 0.571. The molecule has 0 aromatic rings. The summed E-state index contributed by atoms with van der Waals surface area (Å²) in [5.41, 5.74) is 0.411. The van der Waals surface area contributed by atoms with Crippen LogP contribution in [0.3, 0.4) is 0 Å². The van der Waals surface area contributed by atoms with Crippen molar-refractivity contribution >= 4 is 5.91 Å². The number of ether oxygens (including phenoxy) is 3. The fourth-order valence-electron chi connectivity index (χ4n) is 0.616. The Kier molecular flexibility index (Phi) is 3.21. The van der Waals surface area contributed by atoms with Crippen LogP contribution in [0.15, 0.2) is 12.2 Å². The summed E-state index contributed by atoms with van der Waals surface area (Å²) in [5.74, 6) is -0.290. The molecule has 0 bridgehead atoms. The Hall–Kier alpha value is -0.910. The van der Waals surface area contributed by atoms with Gasteiger partial charge in [-0.05, 0) is 6.92 Å². The maximum absolute atomic E-state index is 11.0. The number of hydrogen-bond donors (Lipinski definition) is 1. The van der Waals surface area contributed by atoms with Crippen molar-refractivity contribution in [2.45, 2.75) is 13.3 Å². The average molecular weight is 173 g/mol. The Bertz CT molecular complexity index is 186. The Morgan fingerprint density at radius 2 is 2.08 bits per heavy atom. The molecule has 0 unspecified atom stereocenters. The third kappa shape index (κ3) is 2.61. The number of rotatable bonds is 2. The smallest absolute Gasteiger partial charge is 0.250 e. The van der Waals surface area contributed by atoms with E-state index in [1.165, 1.54) is 0 Å². The molecule has 0 radical (unpaired) electrons. The quantitative estimate of drug-likeness (QED) is 0.594. The lowest BCUT2D eigenvalue weighted by Gasteiger charge is -2.23. The summed E-state index contributed by atoms with van der Waals surface area (Å²) in [4.78, 5) is 11.0. The molecule has 0 saturated carbocycles. The van der Waals surface area contributed by atoms with Crippen molar-refractivity contribution in [3.8, 4) is 0 Å². The lowest BCUT2D eigenvalue weighted by molar-refractivity contribution is -0.305. The van der Waals surface area contributed by atoms with E-state index in [1.54, 1.807) is 6.92 Å². The minimum Gasteiger partial charge on any atom is -0.329 e. The van der Waals surface area contributed by atoms with E-state index in [0.717, 1.165) is 0 Å². The van der Waals surface area contributed by atoms with Crippen LogP contribution in [0.4, 0.5) is 0 Å². The second-order valence-corrected chi connectivity index (χ2v) is 2.36. The van der Waals surface area contributed by atoms with Crippen LogP contribution in [-0.4, -0.2) is 25.9 Å². The van der Waals surface area contributed by atoms with Gasteiger partial charge in [0.25, 0.3) is 0 Å². The van der Waals surface area contributed by atoms with E-state index in [9.17, 15) is 4.79 Å². The third-order valence-corrected chi connectivity index (χ3v) is 1.24. The van der Waals surface area contributed by atoms with E-state index in [4.69, 9.17) is 14.2 Å². The van der Waals surface area contributed by atoms with Crippen molar-refractivity contribution in [1.82, 2.24) is 5.32 Å². The second kappa shape index (κ2) is 4.20. The molecule has 0 aliphatic carbocycles. The largest absolute Gasteiger partial charge is 0.329 e. The number of amides is 1. The highest BCUT2D eigenvalue weighted by atomic mass is 16.9. The molecule has 68 valence electrons. The highest BCUT2D eigenvalue weighted by Gasteiger charge is 2.16. The predicted molar refractivity (Wildman–Crippen MR) is 39.7 cm³/mol. The Morgan fingerprint density at radius 3 is 2.58 bits per heavy atom. The first-order valence-corrected chi connectivity index (χ1v) is 3.47. The van der Waals surface area contributed by atoms with Gasteiger partial charge in [0.2, 0.25) is 12.3 Å². The van der Waals surface area contributed by atoms with Gasteiger partial charge in [0.15, 0.2) is 13.6 Å². The summed E-state index contributed by atoms with van der Waals surface area (Å²) >= 11 is 0. The molecule has 0 aromatic carbocycles. The SMILES string of the molecule is C=C(C)C(=O)NC1OCOCO1. The Labute approximate surface area is 70.3 Å². The summed E-state index contributed by atoms with van der Waals surface area (Å²) in [6.45, 7) is 5.32. The first-order valence-electron chi connectivity index (χ1n) is 3.47. The van der Waals surface area contributed by atoms with Gasteiger partial charge < -0.3 is 19.5 Å². The fourth-order valence-corrected chi connectivity index (χ4v) is 0.616. The van der Waals surface area contributed by atoms with Gasteiger partial charge in [0.1, 0.15) is 0 Å². The Morgan fingerprint density at radius 1 is 1.50 bits per heavy atom. The molecular weight excluding hydrogens is 162 g/mol. The standard InChI is InChI=1S/C7H11NO4/c1-5(2)6(9)8-7-11-3-10-4-12-7/h7H,1,3-4H2,2H3,(H,8,9). The van der Waals surface area contributed by atoms with Gasteiger partial charge in [-0.3, -0.25) is 4.79 Å². The molecular formula is C7H11NO4. The van der Waals surface area contributed by atoms with E-state index >= 15 is 0 Å². The van der Waals surface area contributed by atoms with E-state index in [0.29, 0.717) is 5.57 Å². The summed E-state index contributed by atoms with van der Waals surface area (Å²) < 4.78 is 14.5. The Balaban J connectivity index is 2.29. The van der Waals surface area contributed by atoms with Gasteiger partial charge in [-0.1, -0.05) is 6.58 Å². The molecule has 0 atom stereocenters. The molecule has 1 saturated heterocycles. The molecule has 1 fully saturated rings. The van der Waals surface area contributed by atoms with Gasteiger partial charge in [-0.15, -0.1) is 0 Å². The summed E-state index contributed by atoms with van der Waals surface area (Å²) in [6, 6.07) is 0. The molecule has 1 amide bonds. The molecule has 1 aliphatic rings. The van der Waals surface area contributed by atoms with Crippen molar-refractivity contribution in [3.05, 3.63) is 12.2 Å². The average Bonchev–Trinajstić information content (AvgIpc) is 2.06. The van der Waals surface area contributed by atoms with E-state index < -0.39 is 6.41 Å². The van der Waals surface area contributed by atoms with E-state index in [2.05, 4.69) is 11.9 Å². The zero-order chi connectivity index (χ0) is 8.97. The van der Waals surface area contributed by atoms with Crippen LogP contribution in [0.2, 0.25) is 0 Å². The van der Waals surface area contributed by atoms with Crippen molar-refractivity contribution in [2.75, 3.05) is 13.6 Å². The van der Waals surface area contributed by atoms with Gasteiger partial charge in [0.05, 0.1) is 0 Å². The minimum atomic E-state index is -0.719. The van der Waals surface area contributed by atoms with Gasteiger partial charge in [-0.25, -0.2) is 0 Å². The van der Waals surface area contributed by atoms with Crippen LogP contribution in [0.25, 0.3) is 0 Å². The number of carbonyl (C=O) groups is 1. The molecule has 1 aliphatic heterocycles. The van der Waals surface area contributed by atoms with Gasteiger partial charge >= 0.3 is 0 Å². The lowest BCUT2D eigenvalue weighted by Crippen LogP contribution is -2.42. The molecule has 12 heavy (non-hydrogen) atoms. The van der Waals surface area contributed by atoms with Crippen LogP contribution < -0.4 is 5.32 Å². The highest BCUT2D eigenvalue weighted by Crippen LogP contribution is 1.99. The number of nitrogens with one attached hydrogen (secondary N) is 1. The minimum absolute atomic E-state index is 0.126. The monoisotopic (exact) mass is 173 g/mol. The van der Waals surface area contributed by atoms with Crippen molar-refractivity contribution in [2.24, 2.45) is 0 Å². The molecule has 5 heteroatoms. The number of carbonyl (C=O) groups excluding carboxylic acids is 1. The summed E-state index contributed by atoms with van der Waals surface area (Å²) in [5, 5.41) is 2.46. The van der Waals surface area contributed by atoms with E-state index in [-0.39, 0.29) is 19.5 Å². The van der Waals surface area contributed by atoms with Crippen molar-refractivity contribution in [3.63, 3.8) is 0 Å². The molecule has 5 nitrogen and oxygen atoms in total. The van der Waals surface area contributed by atoms with Crippen molar-refractivity contribution in [1.29, 1.82) is 0 Å². The normalized spacial score (nSPS) is 18.8. The molecule has 0 aromatic heterocycles. The zero-order valence-corrected chi connectivity index (χ0v) is 6.83. The van der Waals surface area contributed by atoms with Crippen LogP contribution in [0.5, 0.6) is 0 Å². The second-order valence-electron chi connectivity index (χ2n) is 2.36. The summed E-state index contributed by atoms with van der Waals surface area (Å²) in [7, 11) is 0. The van der Waals surface area contributed by atoms with Crippen LogP contribution in [-0.2, 0) is 19.0 Å². The topological polar surface area (TPSA) is 56.8 Å². The van der Waals surface area contributed by atoms with Crippen LogP contribution in [0, 0.1) is 0 Å². The molecule has 1 heterocycles. The molecule has 0 spiro atoms. The lowest BCUT2D eigenvalue weighted by atomic mass is 10.3. The van der Waals surface area contributed by atoms with Gasteiger partial charge in [0, 0.05) is 5.57 Å². The number of hydrogen-bond acceptors (Lipinski definition) is 4. The highest BCUT2D eigenvalue weighted by molar-refractivity contribution is 5.92. The van der Waals surface area contributed by atoms with Gasteiger partial charge in [-0.2, -0.15) is 0 Å². The predicted octanol–water partition coefficient (Wildman–Crippen LogP) is -0.0593. The zero-order valence-electron chi connectivity index (χ0n) is 6.83.